The third kappa shape index (κ3) is 2.04. The van der Waals surface area contributed by atoms with Gasteiger partial charge in [-0.05, 0) is 49.6 Å². The molecule has 70 valence electrons. The molecule has 1 N–H and O–H groups in total. The summed E-state index contributed by atoms with van der Waals surface area (Å²) in [7, 11) is 0. The molecule has 0 spiro atoms. The Morgan fingerprint density at radius 2 is 2.08 bits per heavy atom. The second kappa shape index (κ2) is 3.84. The van der Waals surface area contributed by atoms with E-state index in [1.807, 2.05) is 26.8 Å². The molecule has 0 saturated carbocycles. The highest BCUT2D eigenvalue weighted by Gasteiger charge is 2.05. The number of hydrogen-bond donors (Lipinski definition) is 1. The van der Waals surface area contributed by atoms with Crippen LogP contribution in [-0.4, -0.2) is 5.11 Å². The number of allylic oxidation sites excluding steroid dienone is 2. The van der Waals surface area contributed by atoms with E-state index < -0.39 is 0 Å². The van der Waals surface area contributed by atoms with Gasteiger partial charge in [-0.2, -0.15) is 0 Å². The lowest BCUT2D eigenvalue weighted by atomic mass is 10.0. The molecule has 0 radical (unpaired) electrons. The van der Waals surface area contributed by atoms with Crippen molar-refractivity contribution in [3.8, 4) is 5.75 Å². The molecule has 0 atom stereocenters. The van der Waals surface area contributed by atoms with Crippen LogP contribution in [0.4, 0.5) is 0 Å². The van der Waals surface area contributed by atoms with Crippen molar-refractivity contribution in [1.82, 2.24) is 0 Å². The van der Waals surface area contributed by atoms with Gasteiger partial charge < -0.3 is 5.11 Å². The fourth-order valence-corrected chi connectivity index (χ4v) is 1.41. The maximum absolute atomic E-state index is 9.33. The third-order valence-corrected chi connectivity index (χ3v) is 2.45. The molecule has 1 aromatic rings. The second-order valence-electron chi connectivity index (χ2n) is 3.09. The topological polar surface area (TPSA) is 20.2 Å². The van der Waals surface area contributed by atoms with Gasteiger partial charge in [0.05, 0.1) is 5.02 Å². The quantitative estimate of drug-likeness (QED) is 0.725. The van der Waals surface area contributed by atoms with Gasteiger partial charge >= 0.3 is 0 Å². The van der Waals surface area contributed by atoms with Crippen molar-refractivity contribution in [2.24, 2.45) is 0 Å². The first-order valence-electron chi connectivity index (χ1n) is 4.18. The predicted molar refractivity (Wildman–Crippen MR) is 57.2 cm³/mol. The Hall–Kier alpha value is -0.950. The number of phenolic OH excluding ortho intramolecular Hbond substituents is 1. The normalized spacial score (nSPS) is 11.8. The van der Waals surface area contributed by atoms with Gasteiger partial charge in [0, 0.05) is 0 Å². The van der Waals surface area contributed by atoms with Crippen LogP contribution < -0.4 is 0 Å². The van der Waals surface area contributed by atoms with Crippen LogP contribution in [0.15, 0.2) is 18.2 Å². The minimum atomic E-state index is 0.145. The Balaban J connectivity index is 3.32. The van der Waals surface area contributed by atoms with E-state index in [4.69, 9.17) is 11.6 Å². The van der Waals surface area contributed by atoms with Crippen LogP contribution in [0.3, 0.4) is 0 Å². The highest BCUT2D eigenvalue weighted by Crippen LogP contribution is 2.29. The largest absolute Gasteiger partial charge is 0.506 e. The number of phenols is 1. The summed E-state index contributed by atoms with van der Waals surface area (Å²) in [5.41, 5.74) is 3.29. The summed E-state index contributed by atoms with van der Waals surface area (Å²) >= 11 is 5.81. The van der Waals surface area contributed by atoms with E-state index in [-0.39, 0.29) is 5.75 Å². The maximum atomic E-state index is 9.33. The number of hydrogen-bond acceptors (Lipinski definition) is 1. The summed E-state index contributed by atoms with van der Waals surface area (Å²) in [6.45, 7) is 5.96. The standard InChI is InChI=1S/C11H13ClO/c1-4-7(2)9-6-10(12)11(13)5-8(9)3/h4-6,13H,1-3H3/b7-4+. The molecule has 1 nitrogen and oxygen atoms in total. The van der Waals surface area contributed by atoms with Gasteiger partial charge in [-0.15, -0.1) is 0 Å². The zero-order valence-electron chi connectivity index (χ0n) is 8.06. The number of halogens is 1. The molecule has 0 fully saturated rings. The van der Waals surface area contributed by atoms with Crippen molar-refractivity contribution in [2.75, 3.05) is 0 Å². The van der Waals surface area contributed by atoms with Crippen molar-refractivity contribution in [2.45, 2.75) is 20.8 Å². The molecule has 0 heterocycles. The van der Waals surface area contributed by atoms with E-state index in [1.54, 1.807) is 12.1 Å². The van der Waals surface area contributed by atoms with Crippen LogP contribution in [0.25, 0.3) is 5.57 Å². The van der Waals surface area contributed by atoms with E-state index >= 15 is 0 Å². The van der Waals surface area contributed by atoms with E-state index in [9.17, 15) is 5.11 Å². The Morgan fingerprint density at radius 1 is 1.46 bits per heavy atom. The van der Waals surface area contributed by atoms with Crippen LogP contribution in [-0.2, 0) is 0 Å². The summed E-state index contributed by atoms with van der Waals surface area (Å²) in [5, 5.41) is 9.73. The molecule has 0 amide bonds. The molecule has 13 heavy (non-hydrogen) atoms. The molecule has 0 aliphatic rings. The summed E-state index contributed by atoms with van der Waals surface area (Å²) in [4.78, 5) is 0. The molecule has 0 aliphatic carbocycles. The third-order valence-electron chi connectivity index (χ3n) is 2.15. The predicted octanol–water partition coefficient (Wildman–Crippen LogP) is 3.78. The van der Waals surface area contributed by atoms with Gasteiger partial charge in [-0.3, -0.25) is 0 Å². The Labute approximate surface area is 83.7 Å². The van der Waals surface area contributed by atoms with Crippen LogP contribution in [0, 0.1) is 6.92 Å². The zero-order valence-corrected chi connectivity index (χ0v) is 8.81. The lowest BCUT2D eigenvalue weighted by Crippen LogP contribution is -1.85. The minimum Gasteiger partial charge on any atom is -0.506 e. The lowest BCUT2D eigenvalue weighted by molar-refractivity contribution is 0.475. The van der Waals surface area contributed by atoms with Gasteiger partial charge in [0.25, 0.3) is 0 Å². The Bertz CT molecular complexity index is 353. The first-order valence-corrected chi connectivity index (χ1v) is 4.56. The van der Waals surface area contributed by atoms with Gasteiger partial charge in [0.15, 0.2) is 0 Å². The Morgan fingerprint density at radius 3 is 2.62 bits per heavy atom. The zero-order chi connectivity index (χ0) is 10.0. The van der Waals surface area contributed by atoms with Gasteiger partial charge in [0.1, 0.15) is 5.75 Å². The SMILES string of the molecule is C/C=C(\C)c1cc(Cl)c(O)cc1C. The second-order valence-corrected chi connectivity index (χ2v) is 3.50. The van der Waals surface area contributed by atoms with Crippen molar-refractivity contribution >= 4 is 17.2 Å². The molecule has 0 aliphatic heterocycles. The number of aromatic hydroxyl groups is 1. The van der Waals surface area contributed by atoms with Crippen molar-refractivity contribution < 1.29 is 5.11 Å². The average Bonchev–Trinajstić information content (AvgIpc) is 2.10. The molecule has 0 aromatic heterocycles. The van der Waals surface area contributed by atoms with Gasteiger partial charge in [0.2, 0.25) is 0 Å². The molecule has 2 heteroatoms. The maximum Gasteiger partial charge on any atom is 0.134 e. The molecule has 1 rings (SSSR count). The lowest BCUT2D eigenvalue weighted by Gasteiger charge is -2.07. The van der Waals surface area contributed by atoms with Crippen molar-refractivity contribution in [1.29, 1.82) is 0 Å². The van der Waals surface area contributed by atoms with Gasteiger partial charge in [-0.1, -0.05) is 17.7 Å². The minimum absolute atomic E-state index is 0.145. The first kappa shape index (κ1) is 10.1. The van der Waals surface area contributed by atoms with E-state index in [0.29, 0.717) is 5.02 Å². The van der Waals surface area contributed by atoms with E-state index in [2.05, 4.69) is 0 Å². The summed E-state index contributed by atoms with van der Waals surface area (Å²) in [6, 6.07) is 3.48. The molecular formula is C11H13ClO. The number of rotatable bonds is 1. The Kier molecular flexibility index (Phi) is 2.99. The molecule has 0 saturated heterocycles. The van der Waals surface area contributed by atoms with Crippen LogP contribution >= 0.6 is 11.6 Å². The fraction of sp³-hybridized carbons (Fsp3) is 0.273. The highest BCUT2D eigenvalue weighted by molar-refractivity contribution is 6.32. The molecule has 1 aromatic carbocycles. The fourth-order valence-electron chi connectivity index (χ4n) is 1.25. The van der Waals surface area contributed by atoms with Gasteiger partial charge in [-0.25, -0.2) is 0 Å². The van der Waals surface area contributed by atoms with Crippen LogP contribution in [0.1, 0.15) is 25.0 Å². The van der Waals surface area contributed by atoms with Crippen molar-refractivity contribution in [3.63, 3.8) is 0 Å². The summed E-state index contributed by atoms with van der Waals surface area (Å²) in [6.07, 6.45) is 2.02. The smallest absolute Gasteiger partial charge is 0.134 e. The van der Waals surface area contributed by atoms with E-state index in [0.717, 1.165) is 11.1 Å². The number of aryl methyl sites for hydroxylation is 1. The summed E-state index contributed by atoms with van der Waals surface area (Å²) < 4.78 is 0. The molecular weight excluding hydrogens is 184 g/mol. The van der Waals surface area contributed by atoms with Crippen molar-refractivity contribution in [3.05, 3.63) is 34.4 Å². The molecule has 0 bridgehead atoms. The number of benzene rings is 1. The summed E-state index contributed by atoms with van der Waals surface area (Å²) in [5.74, 6) is 0.145. The average molecular weight is 197 g/mol. The molecule has 0 unspecified atom stereocenters. The van der Waals surface area contributed by atoms with Crippen LogP contribution in [0.2, 0.25) is 5.02 Å². The monoisotopic (exact) mass is 196 g/mol. The van der Waals surface area contributed by atoms with Crippen LogP contribution in [0.5, 0.6) is 5.75 Å². The highest BCUT2D eigenvalue weighted by atomic mass is 35.5. The van der Waals surface area contributed by atoms with E-state index in [1.165, 1.54) is 5.57 Å². The first-order chi connectivity index (χ1) is 6.06.